The fourth-order valence-corrected chi connectivity index (χ4v) is 7.36. The Morgan fingerprint density at radius 1 is 0.808 bits per heavy atom. The van der Waals surface area contributed by atoms with Crippen molar-refractivity contribution in [1.29, 1.82) is 0 Å². The zero-order valence-electron chi connectivity index (χ0n) is 16.0. The monoisotopic (exact) mass is 354 g/mol. The fourth-order valence-electron chi connectivity index (χ4n) is 7.36. The van der Waals surface area contributed by atoms with Gasteiger partial charge in [-0.15, -0.1) is 19.7 Å². The normalized spacial score (nSPS) is 45.8. The number of hydrogen-bond donors (Lipinski definition) is 0. The molecule has 0 aromatic heterocycles. The number of rotatable bonds is 7. The minimum Gasteiger partial charge on any atom is -0.374 e. The van der Waals surface area contributed by atoms with Crippen LogP contribution in [0.25, 0.3) is 0 Å². The zero-order chi connectivity index (χ0) is 18.1. The van der Waals surface area contributed by atoms with Gasteiger partial charge in [0.1, 0.15) is 0 Å². The number of ether oxygens (including phenoxy) is 2. The standard InChI is InChI=1S/C18H24O.C6H10O/c1-2-6-19-16-8-10-7-15(16)18-14-9-13(17(10)18)11-4-3-5-12(11)14;1-3-5-7-6-4-2/h2-3,5,10-18H,1,4,6-9H2;3-4H,1-2,5-6H2. The first-order valence-corrected chi connectivity index (χ1v) is 10.5. The fraction of sp³-hybridized carbons (Fsp3) is 0.667. The molecule has 0 spiro atoms. The van der Waals surface area contributed by atoms with Gasteiger partial charge in [0.2, 0.25) is 0 Å². The summed E-state index contributed by atoms with van der Waals surface area (Å²) in [6.07, 6.45) is 16.7. The Kier molecular flexibility index (Phi) is 5.52. The second-order valence-corrected chi connectivity index (χ2v) is 8.79. The summed E-state index contributed by atoms with van der Waals surface area (Å²) in [5.74, 6) is 8.07. The van der Waals surface area contributed by atoms with Gasteiger partial charge >= 0.3 is 0 Å². The van der Waals surface area contributed by atoms with Crippen molar-refractivity contribution in [2.45, 2.75) is 31.8 Å². The zero-order valence-corrected chi connectivity index (χ0v) is 16.0. The van der Waals surface area contributed by atoms with E-state index >= 15 is 0 Å². The van der Waals surface area contributed by atoms with Gasteiger partial charge in [-0.3, -0.25) is 0 Å². The molecule has 26 heavy (non-hydrogen) atoms. The SMILES string of the molecule is C=CCOC1CC2CC1C1C3CC(C4CC=CC43)C21.C=CCOCC=C. The van der Waals surface area contributed by atoms with Crippen LogP contribution >= 0.6 is 0 Å². The number of hydrogen-bond acceptors (Lipinski definition) is 2. The third kappa shape index (κ3) is 2.96. The van der Waals surface area contributed by atoms with Crippen LogP contribution in [0.4, 0.5) is 0 Å². The number of fused-ring (bicyclic) bond motifs is 12. The molecule has 0 radical (unpaired) electrons. The molecule has 5 rings (SSSR count). The maximum absolute atomic E-state index is 6.08. The minimum atomic E-state index is 0.562. The van der Waals surface area contributed by atoms with Crippen LogP contribution in [-0.4, -0.2) is 25.9 Å². The van der Waals surface area contributed by atoms with E-state index in [-0.39, 0.29) is 0 Å². The van der Waals surface area contributed by atoms with Crippen molar-refractivity contribution in [3.8, 4) is 0 Å². The molecule has 0 heterocycles. The molecule has 2 nitrogen and oxygen atoms in total. The van der Waals surface area contributed by atoms with Gasteiger partial charge in [-0.05, 0) is 73.0 Å². The summed E-state index contributed by atoms with van der Waals surface area (Å²) in [6.45, 7) is 12.7. The smallest absolute Gasteiger partial charge is 0.0649 e. The first-order valence-electron chi connectivity index (χ1n) is 10.5. The van der Waals surface area contributed by atoms with E-state index in [1.54, 1.807) is 18.6 Å². The third-order valence-electron chi connectivity index (χ3n) is 7.81. The lowest BCUT2D eigenvalue weighted by Crippen LogP contribution is -2.41. The van der Waals surface area contributed by atoms with E-state index in [9.17, 15) is 0 Å². The summed E-state index contributed by atoms with van der Waals surface area (Å²) in [5, 5.41) is 0. The van der Waals surface area contributed by atoms with Crippen LogP contribution < -0.4 is 0 Å². The molecule has 4 fully saturated rings. The second-order valence-electron chi connectivity index (χ2n) is 8.79. The average molecular weight is 355 g/mol. The Morgan fingerprint density at radius 2 is 1.58 bits per heavy atom. The average Bonchev–Trinajstić information content (AvgIpc) is 3.43. The van der Waals surface area contributed by atoms with Crippen molar-refractivity contribution in [2.24, 2.45) is 47.3 Å². The van der Waals surface area contributed by atoms with Crippen molar-refractivity contribution in [3.05, 3.63) is 50.1 Å². The highest BCUT2D eigenvalue weighted by Crippen LogP contribution is 2.72. The Labute approximate surface area is 159 Å². The maximum Gasteiger partial charge on any atom is 0.0649 e. The summed E-state index contributed by atoms with van der Waals surface area (Å²) in [4.78, 5) is 0. The lowest BCUT2D eigenvalue weighted by molar-refractivity contribution is -0.0308. The highest BCUT2D eigenvalue weighted by molar-refractivity contribution is 5.21. The van der Waals surface area contributed by atoms with Gasteiger partial charge in [0.15, 0.2) is 0 Å². The molecule has 0 aromatic carbocycles. The van der Waals surface area contributed by atoms with E-state index in [2.05, 4.69) is 31.9 Å². The van der Waals surface area contributed by atoms with Crippen molar-refractivity contribution in [1.82, 2.24) is 0 Å². The van der Waals surface area contributed by atoms with Crippen LogP contribution in [0.3, 0.4) is 0 Å². The molecule has 4 bridgehead atoms. The number of allylic oxidation sites excluding steroid dienone is 2. The molecule has 0 N–H and O–H groups in total. The van der Waals surface area contributed by atoms with Crippen molar-refractivity contribution >= 4 is 0 Å². The molecule has 4 saturated carbocycles. The quantitative estimate of drug-likeness (QED) is 0.362. The predicted octanol–water partition coefficient (Wildman–Crippen LogP) is 5.05. The van der Waals surface area contributed by atoms with Gasteiger partial charge in [0.25, 0.3) is 0 Å². The van der Waals surface area contributed by atoms with Crippen LogP contribution in [0, 0.1) is 47.3 Å². The van der Waals surface area contributed by atoms with E-state index in [1.807, 2.05) is 6.08 Å². The topological polar surface area (TPSA) is 18.5 Å². The van der Waals surface area contributed by atoms with Crippen molar-refractivity contribution < 1.29 is 9.47 Å². The van der Waals surface area contributed by atoms with Crippen LogP contribution in [0.15, 0.2) is 50.1 Å². The van der Waals surface area contributed by atoms with Gasteiger partial charge in [-0.25, -0.2) is 0 Å². The molecule has 9 atom stereocenters. The summed E-state index contributed by atoms with van der Waals surface area (Å²) in [6, 6.07) is 0. The first-order chi connectivity index (χ1) is 12.8. The molecule has 2 heteroatoms. The molecular weight excluding hydrogens is 320 g/mol. The summed E-state index contributed by atoms with van der Waals surface area (Å²) in [5.41, 5.74) is 0. The molecule has 0 aromatic rings. The second kappa shape index (κ2) is 7.86. The summed E-state index contributed by atoms with van der Waals surface area (Å²) in [7, 11) is 0. The van der Waals surface area contributed by atoms with Gasteiger partial charge in [0, 0.05) is 0 Å². The largest absolute Gasteiger partial charge is 0.374 e. The molecule has 9 unspecified atom stereocenters. The highest BCUT2D eigenvalue weighted by atomic mass is 16.5. The third-order valence-corrected chi connectivity index (χ3v) is 7.81. The predicted molar refractivity (Wildman–Crippen MR) is 107 cm³/mol. The lowest BCUT2D eigenvalue weighted by atomic mass is 9.63. The molecular formula is C24H34O2. The molecule has 142 valence electrons. The van der Waals surface area contributed by atoms with Crippen LogP contribution in [0.2, 0.25) is 0 Å². The van der Waals surface area contributed by atoms with Crippen LogP contribution in [0.1, 0.15) is 25.7 Å². The lowest BCUT2D eigenvalue weighted by Gasteiger charge is -2.43. The Bertz CT molecular complexity index is 557. The Balaban J connectivity index is 0.000000209. The highest BCUT2D eigenvalue weighted by Gasteiger charge is 2.67. The van der Waals surface area contributed by atoms with E-state index in [0.717, 1.165) is 54.0 Å². The Hall–Kier alpha value is -1.12. The van der Waals surface area contributed by atoms with Crippen molar-refractivity contribution in [2.75, 3.05) is 19.8 Å². The van der Waals surface area contributed by atoms with Gasteiger partial charge < -0.3 is 9.47 Å². The van der Waals surface area contributed by atoms with E-state index < -0.39 is 0 Å². The maximum atomic E-state index is 6.08. The van der Waals surface area contributed by atoms with Gasteiger partial charge in [0.05, 0.1) is 25.9 Å². The summed E-state index contributed by atoms with van der Waals surface area (Å²) < 4.78 is 11.0. The van der Waals surface area contributed by atoms with Crippen molar-refractivity contribution in [3.63, 3.8) is 0 Å². The van der Waals surface area contributed by atoms with Gasteiger partial charge in [-0.2, -0.15) is 0 Å². The molecule has 5 aliphatic rings. The molecule has 0 saturated heterocycles. The van der Waals surface area contributed by atoms with E-state index in [4.69, 9.17) is 9.47 Å². The van der Waals surface area contributed by atoms with Gasteiger partial charge in [-0.1, -0.05) is 30.4 Å². The van der Waals surface area contributed by atoms with Crippen LogP contribution in [-0.2, 0) is 9.47 Å². The van der Waals surface area contributed by atoms with E-state index in [0.29, 0.717) is 19.3 Å². The Morgan fingerprint density at radius 3 is 2.31 bits per heavy atom. The molecule has 0 aliphatic heterocycles. The molecule has 5 aliphatic carbocycles. The first kappa shape index (κ1) is 18.3. The van der Waals surface area contributed by atoms with E-state index in [1.165, 1.54) is 19.3 Å². The molecule has 0 amide bonds. The minimum absolute atomic E-state index is 0.562. The summed E-state index contributed by atoms with van der Waals surface area (Å²) >= 11 is 0. The van der Waals surface area contributed by atoms with Crippen LogP contribution in [0.5, 0.6) is 0 Å².